The quantitative estimate of drug-likeness (QED) is 0.790. The van der Waals surface area contributed by atoms with E-state index in [1.807, 2.05) is 37.1 Å². The number of para-hydroxylation sites is 1. The van der Waals surface area contributed by atoms with E-state index in [-0.39, 0.29) is 30.5 Å². The number of hydrogen-bond acceptors (Lipinski definition) is 6. The van der Waals surface area contributed by atoms with Crippen molar-refractivity contribution in [3.63, 3.8) is 0 Å². The average Bonchev–Trinajstić information content (AvgIpc) is 3.17. The molecule has 23 heavy (non-hydrogen) atoms. The molecule has 0 radical (unpaired) electrons. The molecule has 0 saturated carbocycles. The fourth-order valence-corrected chi connectivity index (χ4v) is 3.88. The Balaban J connectivity index is 1.41. The van der Waals surface area contributed by atoms with Gasteiger partial charge < -0.3 is 18.9 Å². The van der Waals surface area contributed by atoms with Gasteiger partial charge >= 0.3 is 0 Å². The summed E-state index contributed by atoms with van der Waals surface area (Å²) in [6, 6.07) is 10.2. The van der Waals surface area contributed by atoms with E-state index in [0.717, 1.165) is 17.9 Å². The Morgan fingerprint density at radius 3 is 2.78 bits per heavy atom. The first-order valence-corrected chi connectivity index (χ1v) is 8.14. The first kappa shape index (κ1) is 13.9. The highest BCUT2D eigenvalue weighted by atomic mass is 16.8. The standard InChI is InChI=1S/C17H20N2O4/c1-17(2)22-15-14-13(21-16(15)23-17)12-10(9-20-14)8-19(18-12)11-6-4-3-5-7-11/h3-7,10,13-16H,8-9H2,1-2H3/t10-,13+,14-,15+,16+/m0/s1. The van der Waals surface area contributed by atoms with Gasteiger partial charge in [-0.15, -0.1) is 0 Å². The van der Waals surface area contributed by atoms with Gasteiger partial charge in [0.1, 0.15) is 18.3 Å². The highest BCUT2D eigenvalue weighted by molar-refractivity contribution is 5.95. The lowest BCUT2D eigenvalue weighted by molar-refractivity contribution is -0.213. The number of fused-ring (bicyclic) bond motifs is 5. The van der Waals surface area contributed by atoms with Crippen LogP contribution in [0, 0.1) is 5.92 Å². The molecule has 0 unspecified atom stereocenters. The van der Waals surface area contributed by atoms with Gasteiger partial charge in [0.05, 0.1) is 24.6 Å². The SMILES string of the molecule is CC1(C)O[C@H]2O[C@@H]3C4=NN(c5ccccc5)C[C@H]4CO[C@@H]3[C@H]2O1. The van der Waals surface area contributed by atoms with Crippen LogP contribution in [-0.4, -0.2) is 49.3 Å². The third-order valence-electron chi connectivity index (χ3n) is 4.87. The maximum absolute atomic E-state index is 6.09. The largest absolute Gasteiger partial charge is 0.371 e. The van der Waals surface area contributed by atoms with Gasteiger partial charge in [-0.1, -0.05) is 18.2 Å². The van der Waals surface area contributed by atoms with Crippen molar-refractivity contribution in [3.8, 4) is 0 Å². The second-order valence-electron chi connectivity index (χ2n) is 6.96. The predicted molar refractivity (Wildman–Crippen MR) is 83.2 cm³/mol. The third-order valence-corrected chi connectivity index (χ3v) is 4.87. The zero-order valence-corrected chi connectivity index (χ0v) is 13.2. The Bertz CT molecular complexity index is 647. The van der Waals surface area contributed by atoms with Gasteiger partial charge in [0.25, 0.3) is 0 Å². The Morgan fingerprint density at radius 1 is 1.13 bits per heavy atom. The monoisotopic (exact) mass is 316 g/mol. The van der Waals surface area contributed by atoms with Crippen LogP contribution in [0.15, 0.2) is 35.4 Å². The minimum absolute atomic E-state index is 0.132. The van der Waals surface area contributed by atoms with Crippen molar-refractivity contribution in [2.45, 2.75) is 44.2 Å². The summed E-state index contributed by atoms with van der Waals surface area (Å²) in [6.45, 7) is 5.28. The Morgan fingerprint density at radius 2 is 1.96 bits per heavy atom. The number of anilines is 1. The van der Waals surface area contributed by atoms with Gasteiger partial charge in [0.15, 0.2) is 12.1 Å². The molecule has 1 aromatic carbocycles. The first-order valence-electron chi connectivity index (χ1n) is 8.14. The lowest BCUT2D eigenvalue weighted by Crippen LogP contribution is -2.48. The van der Waals surface area contributed by atoms with E-state index in [9.17, 15) is 0 Å². The fourth-order valence-electron chi connectivity index (χ4n) is 3.88. The maximum atomic E-state index is 6.09. The van der Waals surface area contributed by atoms with Crippen LogP contribution >= 0.6 is 0 Å². The van der Waals surface area contributed by atoms with E-state index in [4.69, 9.17) is 24.0 Å². The lowest BCUT2D eigenvalue weighted by Gasteiger charge is -2.32. The van der Waals surface area contributed by atoms with Crippen molar-refractivity contribution in [1.82, 2.24) is 0 Å². The summed E-state index contributed by atoms with van der Waals surface area (Å²) in [6.07, 6.45) is -0.849. The lowest BCUT2D eigenvalue weighted by atomic mass is 9.93. The van der Waals surface area contributed by atoms with Crippen LogP contribution in [0.4, 0.5) is 5.69 Å². The van der Waals surface area contributed by atoms with Gasteiger partial charge in [0, 0.05) is 5.92 Å². The van der Waals surface area contributed by atoms with Crippen molar-refractivity contribution in [3.05, 3.63) is 30.3 Å². The van der Waals surface area contributed by atoms with Crippen LogP contribution in [0.2, 0.25) is 0 Å². The summed E-state index contributed by atoms with van der Waals surface area (Å²) in [5.74, 6) is -0.350. The molecule has 3 saturated heterocycles. The molecule has 0 N–H and O–H groups in total. The number of hydrogen-bond donors (Lipinski definition) is 0. The Kier molecular flexibility index (Phi) is 2.89. The van der Waals surface area contributed by atoms with E-state index in [2.05, 4.69) is 12.1 Å². The number of ether oxygens (including phenoxy) is 4. The first-order chi connectivity index (χ1) is 11.1. The molecule has 5 atom stereocenters. The molecule has 4 aliphatic rings. The molecule has 5 rings (SSSR count). The molecule has 6 heteroatoms. The van der Waals surface area contributed by atoms with E-state index < -0.39 is 5.79 Å². The molecular formula is C17H20N2O4. The smallest absolute Gasteiger partial charge is 0.190 e. The Labute approximate surface area is 135 Å². The topological polar surface area (TPSA) is 52.5 Å². The fraction of sp³-hybridized carbons (Fsp3) is 0.588. The van der Waals surface area contributed by atoms with Crippen LogP contribution in [-0.2, 0) is 18.9 Å². The summed E-state index contributed by atoms with van der Waals surface area (Å²) in [7, 11) is 0. The number of hydrazone groups is 1. The zero-order chi connectivity index (χ0) is 15.6. The Hall–Kier alpha value is -1.47. The minimum Gasteiger partial charge on any atom is -0.371 e. The molecular weight excluding hydrogens is 296 g/mol. The van der Waals surface area contributed by atoms with Crippen molar-refractivity contribution in [1.29, 1.82) is 0 Å². The number of benzene rings is 1. The highest BCUT2D eigenvalue weighted by Gasteiger charge is 2.59. The van der Waals surface area contributed by atoms with E-state index in [1.54, 1.807) is 0 Å². The summed E-state index contributed by atoms with van der Waals surface area (Å²) in [5, 5.41) is 6.86. The van der Waals surface area contributed by atoms with Gasteiger partial charge in [-0.05, 0) is 26.0 Å². The van der Waals surface area contributed by atoms with E-state index in [0.29, 0.717) is 6.61 Å². The second kappa shape index (κ2) is 4.77. The van der Waals surface area contributed by atoms with Crippen molar-refractivity contribution < 1.29 is 18.9 Å². The molecule has 4 aliphatic heterocycles. The van der Waals surface area contributed by atoms with Gasteiger partial charge in [-0.3, -0.25) is 5.01 Å². The van der Waals surface area contributed by atoms with Crippen molar-refractivity contribution in [2.75, 3.05) is 18.2 Å². The molecule has 4 heterocycles. The van der Waals surface area contributed by atoms with Crippen LogP contribution in [0.3, 0.4) is 0 Å². The predicted octanol–water partition coefficient (Wildman–Crippen LogP) is 1.75. The maximum Gasteiger partial charge on any atom is 0.190 e. The highest BCUT2D eigenvalue weighted by Crippen LogP contribution is 2.43. The number of nitrogens with zero attached hydrogens (tertiary/aromatic N) is 2. The molecule has 3 fully saturated rings. The summed E-state index contributed by atoms with van der Waals surface area (Å²) < 4.78 is 24.0. The number of rotatable bonds is 1. The second-order valence-corrected chi connectivity index (χ2v) is 6.96. The van der Waals surface area contributed by atoms with Crippen LogP contribution in [0.5, 0.6) is 0 Å². The van der Waals surface area contributed by atoms with Crippen molar-refractivity contribution in [2.24, 2.45) is 11.0 Å². The average molecular weight is 316 g/mol. The zero-order valence-electron chi connectivity index (χ0n) is 13.2. The van der Waals surface area contributed by atoms with Crippen LogP contribution in [0.25, 0.3) is 0 Å². The summed E-state index contributed by atoms with van der Waals surface area (Å²) >= 11 is 0. The van der Waals surface area contributed by atoms with E-state index in [1.165, 1.54) is 0 Å². The molecule has 122 valence electrons. The van der Waals surface area contributed by atoms with Gasteiger partial charge in [-0.25, -0.2) is 0 Å². The third kappa shape index (κ3) is 2.13. The van der Waals surface area contributed by atoms with E-state index >= 15 is 0 Å². The molecule has 0 aromatic heterocycles. The van der Waals surface area contributed by atoms with Crippen molar-refractivity contribution >= 4 is 11.4 Å². The van der Waals surface area contributed by atoms with Crippen LogP contribution < -0.4 is 5.01 Å². The van der Waals surface area contributed by atoms with Gasteiger partial charge in [-0.2, -0.15) is 5.10 Å². The molecule has 0 amide bonds. The van der Waals surface area contributed by atoms with Gasteiger partial charge in [0.2, 0.25) is 0 Å². The molecule has 0 aliphatic carbocycles. The molecule has 0 spiro atoms. The summed E-state index contributed by atoms with van der Waals surface area (Å²) in [5.41, 5.74) is 2.15. The normalized spacial score (nSPS) is 40.5. The summed E-state index contributed by atoms with van der Waals surface area (Å²) in [4.78, 5) is 0. The molecule has 6 nitrogen and oxygen atoms in total. The molecule has 1 aromatic rings. The molecule has 0 bridgehead atoms. The minimum atomic E-state index is -0.617. The van der Waals surface area contributed by atoms with Crippen LogP contribution in [0.1, 0.15) is 13.8 Å².